The fraction of sp³-hybridized carbons (Fsp3) is 0.391. The predicted octanol–water partition coefficient (Wildman–Crippen LogP) is 4.14. The SMILES string of the molecule is CC[C@@H]1CCCCN1C(=O)COC(=O)COc1ccc(Nc2ccccc2)cc1. The van der Waals surface area contributed by atoms with Crippen LogP contribution in [-0.2, 0) is 14.3 Å². The number of ether oxygens (including phenoxy) is 2. The first-order valence-electron chi connectivity index (χ1n) is 10.2. The van der Waals surface area contributed by atoms with Crippen molar-refractivity contribution in [2.75, 3.05) is 25.1 Å². The first-order valence-corrected chi connectivity index (χ1v) is 10.2. The molecule has 1 amide bonds. The van der Waals surface area contributed by atoms with Crippen LogP contribution in [0.15, 0.2) is 54.6 Å². The number of likely N-dealkylation sites (tertiary alicyclic amines) is 1. The van der Waals surface area contributed by atoms with Gasteiger partial charge in [-0.15, -0.1) is 0 Å². The molecule has 1 fully saturated rings. The Bertz CT molecular complexity index is 792. The lowest BCUT2D eigenvalue weighted by molar-refractivity contribution is -0.155. The Labute approximate surface area is 171 Å². The van der Waals surface area contributed by atoms with E-state index in [0.29, 0.717) is 5.75 Å². The van der Waals surface area contributed by atoms with Crippen LogP contribution < -0.4 is 10.1 Å². The molecule has 0 bridgehead atoms. The van der Waals surface area contributed by atoms with Crippen molar-refractivity contribution in [1.82, 2.24) is 4.90 Å². The molecular weight excluding hydrogens is 368 g/mol. The zero-order valence-electron chi connectivity index (χ0n) is 16.8. The number of benzene rings is 2. The molecule has 1 aliphatic rings. The van der Waals surface area contributed by atoms with Crippen LogP contribution in [0.2, 0.25) is 0 Å². The Morgan fingerprint density at radius 3 is 2.45 bits per heavy atom. The van der Waals surface area contributed by atoms with Crippen molar-refractivity contribution in [2.24, 2.45) is 0 Å². The number of hydrogen-bond acceptors (Lipinski definition) is 5. The zero-order chi connectivity index (χ0) is 20.5. The maximum absolute atomic E-state index is 12.3. The fourth-order valence-corrected chi connectivity index (χ4v) is 3.49. The molecule has 1 saturated heterocycles. The first-order chi connectivity index (χ1) is 14.2. The van der Waals surface area contributed by atoms with Crippen LogP contribution in [0, 0.1) is 0 Å². The third kappa shape index (κ3) is 6.24. The normalized spacial score (nSPS) is 16.2. The van der Waals surface area contributed by atoms with Gasteiger partial charge >= 0.3 is 5.97 Å². The molecule has 6 nitrogen and oxygen atoms in total. The molecule has 1 N–H and O–H groups in total. The standard InChI is InChI=1S/C23H28N2O4/c1-2-20-10-6-7-15-25(20)22(26)16-29-23(27)17-28-21-13-11-19(12-14-21)24-18-8-4-3-5-9-18/h3-5,8-9,11-14,20,24H,2,6-7,10,15-17H2,1H3/t20-/m1/s1. The molecule has 0 saturated carbocycles. The van der Waals surface area contributed by atoms with Gasteiger partial charge in [0.2, 0.25) is 0 Å². The monoisotopic (exact) mass is 396 g/mol. The highest BCUT2D eigenvalue weighted by atomic mass is 16.6. The van der Waals surface area contributed by atoms with Gasteiger partial charge in [0.25, 0.3) is 5.91 Å². The average Bonchev–Trinajstić information content (AvgIpc) is 2.77. The molecule has 1 heterocycles. The van der Waals surface area contributed by atoms with Gasteiger partial charge in [-0.25, -0.2) is 4.79 Å². The minimum Gasteiger partial charge on any atom is -0.482 e. The maximum Gasteiger partial charge on any atom is 0.344 e. The molecule has 0 aliphatic carbocycles. The van der Waals surface area contributed by atoms with E-state index in [-0.39, 0.29) is 25.2 Å². The van der Waals surface area contributed by atoms with E-state index >= 15 is 0 Å². The van der Waals surface area contributed by atoms with Crippen molar-refractivity contribution >= 4 is 23.3 Å². The molecule has 154 valence electrons. The van der Waals surface area contributed by atoms with Crippen LogP contribution in [0.25, 0.3) is 0 Å². The number of piperidine rings is 1. The number of nitrogens with one attached hydrogen (secondary N) is 1. The number of anilines is 2. The molecule has 0 unspecified atom stereocenters. The summed E-state index contributed by atoms with van der Waals surface area (Å²) in [6, 6.07) is 17.4. The summed E-state index contributed by atoms with van der Waals surface area (Å²) in [5.41, 5.74) is 1.91. The van der Waals surface area contributed by atoms with Crippen LogP contribution in [0.1, 0.15) is 32.6 Å². The summed E-state index contributed by atoms with van der Waals surface area (Å²) < 4.78 is 10.6. The Hall–Kier alpha value is -3.02. The van der Waals surface area contributed by atoms with E-state index in [2.05, 4.69) is 12.2 Å². The molecular formula is C23H28N2O4. The largest absolute Gasteiger partial charge is 0.482 e. The number of amides is 1. The van der Waals surface area contributed by atoms with Crippen molar-refractivity contribution < 1.29 is 19.1 Å². The lowest BCUT2D eigenvalue weighted by atomic mass is 10.00. The molecule has 1 aliphatic heterocycles. The van der Waals surface area contributed by atoms with Crippen molar-refractivity contribution in [3.05, 3.63) is 54.6 Å². The second kappa shape index (κ2) is 10.5. The molecule has 2 aromatic carbocycles. The summed E-state index contributed by atoms with van der Waals surface area (Å²) in [5.74, 6) is -0.106. The van der Waals surface area contributed by atoms with Crippen molar-refractivity contribution in [3.8, 4) is 5.75 Å². The fourth-order valence-electron chi connectivity index (χ4n) is 3.49. The van der Waals surface area contributed by atoms with Gasteiger partial charge in [-0.3, -0.25) is 4.79 Å². The highest BCUT2D eigenvalue weighted by Gasteiger charge is 2.25. The lowest BCUT2D eigenvalue weighted by Crippen LogP contribution is -2.45. The van der Waals surface area contributed by atoms with Gasteiger partial charge < -0.3 is 19.7 Å². The molecule has 2 aromatic rings. The molecule has 6 heteroatoms. The number of carbonyl (C=O) groups is 2. The van der Waals surface area contributed by atoms with Crippen LogP contribution in [0.3, 0.4) is 0 Å². The van der Waals surface area contributed by atoms with E-state index in [1.807, 2.05) is 47.4 Å². The third-order valence-corrected chi connectivity index (χ3v) is 5.05. The van der Waals surface area contributed by atoms with Gasteiger partial charge in [-0.2, -0.15) is 0 Å². The molecule has 0 radical (unpaired) electrons. The molecule has 1 atom stereocenters. The van der Waals surface area contributed by atoms with Crippen LogP contribution in [0.5, 0.6) is 5.75 Å². The third-order valence-electron chi connectivity index (χ3n) is 5.05. The summed E-state index contributed by atoms with van der Waals surface area (Å²) in [6.07, 6.45) is 4.11. The highest BCUT2D eigenvalue weighted by Crippen LogP contribution is 2.21. The van der Waals surface area contributed by atoms with Crippen LogP contribution in [-0.4, -0.2) is 42.6 Å². The summed E-state index contributed by atoms with van der Waals surface area (Å²) in [7, 11) is 0. The van der Waals surface area contributed by atoms with Gasteiger partial charge in [-0.1, -0.05) is 25.1 Å². The quantitative estimate of drug-likeness (QED) is 0.679. The van der Waals surface area contributed by atoms with Gasteiger partial charge in [0.05, 0.1) is 0 Å². The Morgan fingerprint density at radius 2 is 1.72 bits per heavy atom. The van der Waals surface area contributed by atoms with E-state index in [1.165, 1.54) is 0 Å². The second-order valence-electron chi connectivity index (χ2n) is 7.11. The Balaban J connectivity index is 1.40. The van der Waals surface area contributed by atoms with E-state index in [1.54, 1.807) is 12.1 Å². The second-order valence-corrected chi connectivity index (χ2v) is 7.11. The van der Waals surface area contributed by atoms with E-state index in [9.17, 15) is 9.59 Å². The Kier molecular flexibility index (Phi) is 7.50. The number of rotatable bonds is 8. The van der Waals surface area contributed by atoms with Crippen molar-refractivity contribution in [3.63, 3.8) is 0 Å². The summed E-state index contributed by atoms with van der Waals surface area (Å²) in [5, 5.41) is 3.28. The number of esters is 1. The average molecular weight is 396 g/mol. The number of hydrogen-bond donors (Lipinski definition) is 1. The number of carbonyl (C=O) groups excluding carboxylic acids is 2. The van der Waals surface area contributed by atoms with Gasteiger partial charge in [0, 0.05) is 24.0 Å². The smallest absolute Gasteiger partial charge is 0.344 e. The van der Waals surface area contributed by atoms with Gasteiger partial charge in [-0.05, 0) is 62.1 Å². The topological polar surface area (TPSA) is 67.9 Å². The van der Waals surface area contributed by atoms with E-state index in [0.717, 1.165) is 43.6 Å². The predicted molar refractivity (Wildman–Crippen MR) is 112 cm³/mol. The summed E-state index contributed by atoms with van der Waals surface area (Å²) in [6.45, 7) is 2.38. The Morgan fingerprint density at radius 1 is 1.00 bits per heavy atom. The minimum atomic E-state index is -0.546. The maximum atomic E-state index is 12.3. The van der Waals surface area contributed by atoms with Gasteiger partial charge in [0.15, 0.2) is 13.2 Å². The van der Waals surface area contributed by atoms with Gasteiger partial charge in [0.1, 0.15) is 5.75 Å². The molecule has 29 heavy (non-hydrogen) atoms. The van der Waals surface area contributed by atoms with E-state index < -0.39 is 5.97 Å². The van der Waals surface area contributed by atoms with E-state index in [4.69, 9.17) is 9.47 Å². The number of para-hydroxylation sites is 1. The molecule has 3 rings (SSSR count). The summed E-state index contributed by atoms with van der Waals surface area (Å²) >= 11 is 0. The minimum absolute atomic E-state index is 0.124. The first kappa shape index (κ1) is 20.7. The summed E-state index contributed by atoms with van der Waals surface area (Å²) in [4.78, 5) is 26.1. The number of nitrogens with zero attached hydrogens (tertiary/aromatic N) is 1. The highest BCUT2D eigenvalue weighted by molar-refractivity contribution is 5.81. The van der Waals surface area contributed by atoms with Crippen molar-refractivity contribution in [1.29, 1.82) is 0 Å². The van der Waals surface area contributed by atoms with Crippen molar-refractivity contribution in [2.45, 2.75) is 38.6 Å². The zero-order valence-corrected chi connectivity index (χ0v) is 16.8. The van der Waals surface area contributed by atoms with Crippen LogP contribution in [0.4, 0.5) is 11.4 Å². The lowest BCUT2D eigenvalue weighted by Gasteiger charge is -2.35. The van der Waals surface area contributed by atoms with Crippen LogP contribution >= 0.6 is 0 Å². The molecule has 0 spiro atoms. The molecule has 0 aromatic heterocycles.